The van der Waals surface area contributed by atoms with Crippen LogP contribution in [0.5, 0.6) is 0 Å². The molecule has 1 fully saturated rings. The molecule has 5 heteroatoms. The maximum Gasteiger partial charge on any atom is 0.227 e. The van der Waals surface area contributed by atoms with Gasteiger partial charge in [-0.3, -0.25) is 9.59 Å². The molecule has 20 heavy (non-hydrogen) atoms. The lowest BCUT2D eigenvalue weighted by Crippen LogP contribution is -2.54. The van der Waals surface area contributed by atoms with Crippen molar-refractivity contribution < 1.29 is 9.59 Å². The number of likely N-dealkylation sites (N-methyl/N-ethyl adjacent to an activating group) is 1. The van der Waals surface area contributed by atoms with Crippen LogP contribution in [-0.2, 0) is 9.59 Å². The van der Waals surface area contributed by atoms with Gasteiger partial charge in [-0.15, -0.1) is 0 Å². The number of nitrogens with zero attached hydrogens (tertiary/aromatic N) is 1. The summed E-state index contributed by atoms with van der Waals surface area (Å²) >= 11 is 0. The van der Waals surface area contributed by atoms with Gasteiger partial charge in [0.2, 0.25) is 11.8 Å². The van der Waals surface area contributed by atoms with Crippen LogP contribution in [0.15, 0.2) is 0 Å². The van der Waals surface area contributed by atoms with Crippen LogP contribution in [0.25, 0.3) is 0 Å². The van der Waals surface area contributed by atoms with E-state index < -0.39 is 5.41 Å². The van der Waals surface area contributed by atoms with Crippen molar-refractivity contribution in [1.82, 2.24) is 10.2 Å². The summed E-state index contributed by atoms with van der Waals surface area (Å²) in [6, 6.07) is 0.0600. The quantitative estimate of drug-likeness (QED) is 0.739. The zero-order chi connectivity index (χ0) is 15.2. The number of carbonyl (C=O) groups excluding carboxylic acids is 2. The molecular formula is C15H29N3O2. The van der Waals surface area contributed by atoms with Crippen LogP contribution >= 0.6 is 0 Å². The third-order valence-electron chi connectivity index (χ3n) is 4.29. The first-order valence-electron chi connectivity index (χ1n) is 7.74. The van der Waals surface area contributed by atoms with Crippen molar-refractivity contribution in [2.75, 3.05) is 20.1 Å². The molecular weight excluding hydrogens is 254 g/mol. The van der Waals surface area contributed by atoms with Gasteiger partial charge in [0, 0.05) is 32.6 Å². The van der Waals surface area contributed by atoms with E-state index in [9.17, 15) is 9.59 Å². The Hall–Kier alpha value is -1.10. The number of rotatable bonds is 7. The van der Waals surface area contributed by atoms with Crippen molar-refractivity contribution >= 4 is 11.8 Å². The molecule has 2 amide bonds. The number of nitrogens with one attached hydrogen (secondary N) is 1. The second kappa shape index (κ2) is 7.62. The molecule has 3 N–H and O–H groups in total. The summed E-state index contributed by atoms with van der Waals surface area (Å²) in [5, 5.41) is 3.12. The summed E-state index contributed by atoms with van der Waals surface area (Å²) in [5.41, 5.74) is 5.47. The second-order valence-corrected chi connectivity index (χ2v) is 5.97. The number of likely N-dealkylation sites (tertiary alicyclic amines) is 1. The predicted molar refractivity (Wildman–Crippen MR) is 80.1 cm³/mol. The topological polar surface area (TPSA) is 75.4 Å². The minimum Gasteiger partial charge on any atom is -0.351 e. The van der Waals surface area contributed by atoms with E-state index >= 15 is 0 Å². The van der Waals surface area contributed by atoms with E-state index in [4.69, 9.17) is 5.73 Å². The van der Waals surface area contributed by atoms with Crippen molar-refractivity contribution in [2.24, 2.45) is 11.1 Å². The Labute approximate surface area is 122 Å². The third-order valence-corrected chi connectivity index (χ3v) is 4.29. The van der Waals surface area contributed by atoms with E-state index in [0.29, 0.717) is 19.5 Å². The van der Waals surface area contributed by atoms with Gasteiger partial charge in [0.25, 0.3) is 0 Å². The van der Waals surface area contributed by atoms with Crippen LogP contribution in [0.4, 0.5) is 0 Å². The second-order valence-electron chi connectivity index (χ2n) is 5.97. The molecule has 1 aliphatic heterocycles. The molecule has 1 rings (SSSR count). The summed E-state index contributed by atoms with van der Waals surface area (Å²) in [4.78, 5) is 25.8. The predicted octanol–water partition coefficient (Wildman–Crippen LogP) is 1.27. The Morgan fingerprint density at radius 3 is 2.45 bits per heavy atom. The zero-order valence-electron chi connectivity index (χ0n) is 13.1. The number of piperidine rings is 1. The smallest absolute Gasteiger partial charge is 0.227 e. The Balaban J connectivity index is 2.68. The highest BCUT2D eigenvalue weighted by atomic mass is 16.2. The van der Waals surface area contributed by atoms with Gasteiger partial charge < -0.3 is 16.0 Å². The number of hydrogen-bond donors (Lipinski definition) is 2. The average Bonchev–Trinajstić information content (AvgIpc) is 2.42. The lowest BCUT2D eigenvalue weighted by Gasteiger charge is -2.35. The molecule has 0 spiro atoms. The Kier molecular flexibility index (Phi) is 6.46. The van der Waals surface area contributed by atoms with Gasteiger partial charge in [0.15, 0.2) is 0 Å². The van der Waals surface area contributed by atoms with E-state index in [1.54, 1.807) is 11.9 Å². The molecule has 1 atom stereocenters. The summed E-state index contributed by atoms with van der Waals surface area (Å²) in [6.45, 7) is 5.16. The first-order valence-corrected chi connectivity index (χ1v) is 7.74. The number of amides is 2. The Morgan fingerprint density at radius 2 is 2.00 bits per heavy atom. The minimum atomic E-state index is -0.441. The zero-order valence-corrected chi connectivity index (χ0v) is 13.1. The molecule has 1 unspecified atom stereocenters. The van der Waals surface area contributed by atoms with Crippen molar-refractivity contribution in [2.45, 2.75) is 58.4 Å². The van der Waals surface area contributed by atoms with Crippen LogP contribution < -0.4 is 11.1 Å². The SMILES string of the molecule is CCCC(CN)(CCC)C(=O)NC1CCC(=O)N(C)C1. The maximum atomic E-state index is 12.6. The van der Waals surface area contributed by atoms with Crippen LogP contribution in [0.1, 0.15) is 52.4 Å². The van der Waals surface area contributed by atoms with E-state index in [1.165, 1.54) is 0 Å². The lowest BCUT2D eigenvalue weighted by atomic mass is 9.78. The van der Waals surface area contributed by atoms with Gasteiger partial charge in [0.1, 0.15) is 0 Å². The highest BCUT2D eigenvalue weighted by molar-refractivity contribution is 5.83. The number of carbonyl (C=O) groups is 2. The summed E-state index contributed by atoms with van der Waals surface area (Å²) in [7, 11) is 1.79. The highest BCUT2D eigenvalue weighted by Crippen LogP contribution is 2.29. The van der Waals surface area contributed by atoms with Gasteiger partial charge in [-0.05, 0) is 19.3 Å². The van der Waals surface area contributed by atoms with Crippen LogP contribution in [0.3, 0.4) is 0 Å². The fraction of sp³-hybridized carbons (Fsp3) is 0.867. The molecule has 0 aromatic rings. The molecule has 116 valence electrons. The number of hydrogen-bond acceptors (Lipinski definition) is 3. The highest BCUT2D eigenvalue weighted by Gasteiger charge is 2.37. The molecule has 0 aliphatic carbocycles. The molecule has 0 radical (unpaired) electrons. The van der Waals surface area contributed by atoms with Crippen molar-refractivity contribution in [3.05, 3.63) is 0 Å². The molecule has 0 saturated carbocycles. The third kappa shape index (κ3) is 3.95. The molecule has 0 bridgehead atoms. The molecule has 5 nitrogen and oxygen atoms in total. The first kappa shape index (κ1) is 17.0. The monoisotopic (exact) mass is 283 g/mol. The largest absolute Gasteiger partial charge is 0.351 e. The number of nitrogens with two attached hydrogens (primary N) is 1. The van der Waals surface area contributed by atoms with Crippen LogP contribution in [0.2, 0.25) is 0 Å². The van der Waals surface area contributed by atoms with E-state index in [-0.39, 0.29) is 17.9 Å². The fourth-order valence-corrected chi connectivity index (χ4v) is 3.07. The minimum absolute atomic E-state index is 0.0600. The van der Waals surface area contributed by atoms with Gasteiger partial charge >= 0.3 is 0 Å². The summed E-state index contributed by atoms with van der Waals surface area (Å²) in [5.74, 6) is 0.221. The lowest BCUT2D eigenvalue weighted by molar-refractivity contribution is -0.137. The summed E-state index contributed by atoms with van der Waals surface area (Å²) in [6.07, 6.45) is 4.79. The normalized spacial score (nSPS) is 20.1. The van der Waals surface area contributed by atoms with Gasteiger partial charge in [-0.1, -0.05) is 26.7 Å². The molecule has 0 aromatic carbocycles. The summed E-state index contributed by atoms with van der Waals surface area (Å²) < 4.78 is 0. The molecule has 1 heterocycles. The molecule has 1 aliphatic rings. The van der Waals surface area contributed by atoms with Gasteiger partial charge in [-0.2, -0.15) is 0 Å². The Bertz CT molecular complexity index is 338. The first-order chi connectivity index (χ1) is 9.49. The average molecular weight is 283 g/mol. The van der Waals surface area contributed by atoms with Crippen LogP contribution in [0, 0.1) is 5.41 Å². The van der Waals surface area contributed by atoms with Crippen molar-refractivity contribution in [3.63, 3.8) is 0 Å². The van der Waals surface area contributed by atoms with E-state index in [2.05, 4.69) is 19.2 Å². The molecule has 1 saturated heterocycles. The van der Waals surface area contributed by atoms with Gasteiger partial charge in [0.05, 0.1) is 5.41 Å². The fourth-order valence-electron chi connectivity index (χ4n) is 3.07. The van der Waals surface area contributed by atoms with E-state index in [0.717, 1.165) is 32.1 Å². The van der Waals surface area contributed by atoms with Crippen molar-refractivity contribution in [3.8, 4) is 0 Å². The van der Waals surface area contributed by atoms with Crippen LogP contribution in [-0.4, -0.2) is 42.9 Å². The maximum absolute atomic E-state index is 12.6. The standard InChI is InChI=1S/C15H29N3O2/c1-4-8-15(11-16,9-5-2)14(20)17-12-6-7-13(19)18(3)10-12/h12H,4-11,16H2,1-3H3,(H,17,20). The van der Waals surface area contributed by atoms with E-state index in [1.807, 2.05) is 0 Å². The Morgan fingerprint density at radius 1 is 1.40 bits per heavy atom. The molecule has 0 aromatic heterocycles. The van der Waals surface area contributed by atoms with Crippen molar-refractivity contribution in [1.29, 1.82) is 0 Å². The van der Waals surface area contributed by atoms with Gasteiger partial charge in [-0.25, -0.2) is 0 Å².